The maximum Gasteiger partial charge on any atom is 0.417 e. The lowest BCUT2D eigenvalue weighted by molar-refractivity contribution is -0.145. The van der Waals surface area contributed by atoms with E-state index in [1.54, 1.807) is 0 Å². The number of carbonyl (C=O) groups is 2. The molecule has 0 bridgehead atoms. The molecule has 2 N–H and O–H groups in total. The van der Waals surface area contributed by atoms with Gasteiger partial charge < -0.3 is 10.4 Å². The van der Waals surface area contributed by atoms with Crippen molar-refractivity contribution in [3.8, 4) is 0 Å². The second-order valence-electron chi connectivity index (χ2n) is 4.60. The minimum Gasteiger partial charge on any atom is -0.481 e. The van der Waals surface area contributed by atoms with Gasteiger partial charge in [0.2, 0.25) is 5.91 Å². The first kappa shape index (κ1) is 17.5. The Labute approximate surface area is 127 Å². The van der Waals surface area contributed by atoms with Crippen molar-refractivity contribution in [2.24, 2.45) is 11.8 Å². The van der Waals surface area contributed by atoms with Crippen LogP contribution in [0.4, 0.5) is 18.9 Å². The number of nitrogens with one attached hydrogen (secondary N) is 1. The van der Waals surface area contributed by atoms with E-state index < -0.39 is 35.5 Å². The number of hydrogen-bond donors (Lipinski definition) is 2. The average molecular weight is 368 g/mol. The zero-order valence-electron chi connectivity index (χ0n) is 11.2. The van der Waals surface area contributed by atoms with Gasteiger partial charge in [0, 0.05) is 16.1 Å². The average Bonchev–Trinajstić information content (AvgIpc) is 2.37. The number of anilines is 1. The summed E-state index contributed by atoms with van der Waals surface area (Å²) in [7, 11) is 0. The Kier molecular flexibility index (Phi) is 5.38. The molecule has 0 aromatic heterocycles. The molecule has 2 unspecified atom stereocenters. The summed E-state index contributed by atoms with van der Waals surface area (Å²) in [6, 6.07) is 3.26. The van der Waals surface area contributed by atoms with Crippen LogP contribution in [-0.4, -0.2) is 17.0 Å². The normalized spacial score (nSPS) is 14.4. The fraction of sp³-hybridized carbons (Fsp3) is 0.385. The summed E-state index contributed by atoms with van der Waals surface area (Å²) in [6.45, 7) is 2.76. The van der Waals surface area contributed by atoms with Crippen LogP contribution in [0.15, 0.2) is 22.7 Å². The number of aliphatic carboxylic acids is 1. The summed E-state index contributed by atoms with van der Waals surface area (Å²) in [4.78, 5) is 22.6. The van der Waals surface area contributed by atoms with Crippen molar-refractivity contribution in [3.63, 3.8) is 0 Å². The third kappa shape index (κ3) is 4.45. The molecule has 1 aromatic rings. The molecule has 0 heterocycles. The molecule has 21 heavy (non-hydrogen) atoms. The molecule has 1 aromatic carbocycles. The number of hydrogen-bond acceptors (Lipinski definition) is 2. The van der Waals surface area contributed by atoms with Gasteiger partial charge in [0.05, 0.1) is 11.5 Å². The number of amides is 1. The van der Waals surface area contributed by atoms with Gasteiger partial charge in [-0.25, -0.2) is 0 Å². The van der Waals surface area contributed by atoms with Crippen molar-refractivity contribution in [1.29, 1.82) is 0 Å². The first-order valence-electron chi connectivity index (χ1n) is 5.94. The standard InChI is InChI=1S/C13H13BrF3NO3/c1-6(7(2)12(20)21)11(19)18-8-3-4-10(14)9(5-8)13(15,16)17/h3-7H,1-2H3,(H,18,19)(H,20,21). The Morgan fingerprint density at radius 3 is 2.29 bits per heavy atom. The maximum atomic E-state index is 12.7. The van der Waals surface area contributed by atoms with Crippen molar-refractivity contribution in [1.82, 2.24) is 0 Å². The highest BCUT2D eigenvalue weighted by atomic mass is 79.9. The van der Waals surface area contributed by atoms with Crippen LogP contribution in [0.5, 0.6) is 0 Å². The molecule has 0 radical (unpaired) electrons. The number of carboxylic acids is 1. The molecular formula is C13H13BrF3NO3. The summed E-state index contributed by atoms with van der Waals surface area (Å²) in [5.41, 5.74) is -0.959. The van der Waals surface area contributed by atoms with Crippen molar-refractivity contribution < 1.29 is 27.9 Å². The van der Waals surface area contributed by atoms with E-state index in [2.05, 4.69) is 21.2 Å². The number of benzene rings is 1. The highest BCUT2D eigenvalue weighted by molar-refractivity contribution is 9.10. The third-order valence-electron chi connectivity index (χ3n) is 3.09. The summed E-state index contributed by atoms with van der Waals surface area (Å²) in [6.07, 6.45) is -4.56. The van der Waals surface area contributed by atoms with E-state index >= 15 is 0 Å². The van der Waals surface area contributed by atoms with E-state index in [4.69, 9.17) is 5.11 Å². The lowest BCUT2D eigenvalue weighted by Gasteiger charge is -2.17. The molecule has 0 aliphatic heterocycles. The largest absolute Gasteiger partial charge is 0.481 e. The van der Waals surface area contributed by atoms with Crippen LogP contribution in [0.3, 0.4) is 0 Å². The summed E-state index contributed by atoms with van der Waals surface area (Å²) in [5.74, 6) is -3.62. The van der Waals surface area contributed by atoms with Crippen LogP contribution in [0.2, 0.25) is 0 Å². The van der Waals surface area contributed by atoms with Crippen LogP contribution in [0, 0.1) is 11.8 Å². The van der Waals surface area contributed by atoms with Gasteiger partial charge in [-0.2, -0.15) is 13.2 Å². The van der Waals surface area contributed by atoms with E-state index in [0.717, 1.165) is 6.07 Å². The first-order chi connectivity index (χ1) is 9.54. The molecule has 0 spiro atoms. The first-order valence-corrected chi connectivity index (χ1v) is 6.73. The molecular weight excluding hydrogens is 355 g/mol. The molecule has 0 aliphatic carbocycles. The smallest absolute Gasteiger partial charge is 0.417 e. The van der Waals surface area contributed by atoms with E-state index in [9.17, 15) is 22.8 Å². The minimum absolute atomic E-state index is 0.0417. The molecule has 2 atom stereocenters. The number of halogens is 4. The molecule has 0 saturated heterocycles. The van der Waals surface area contributed by atoms with E-state index in [0.29, 0.717) is 0 Å². The zero-order valence-corrected chi connectivity index (χ0v) is 12.7. The monoisotopic (exact) mass is 367 g/mol. The lowest BCUT2D eigenvalue weighted by Crippen LogP contribution is -2.30. The molecule has 1 rings (SSSR count). The van der Waals surface area contributed by atoms with Gasteiger partial charge >= 0.3 is 12.1 Å². The minimum atomic E-state index is -4.56. The van der Waals surface area contributed by atoms with Crippen molar-refractivity contribution in [2.75, 3.05) is 5.32 Å². The fourth-order valence-electron chi connectivity index (χ4n) is 1.52. The van der Waals surface area contributed by atoms with Gasteiger partial charge in [0.1, 0.15) is 0 Å². The predicted octanol–water partition coefficient (Wildman–Crippen LogP) is 3.76. The van der Waals surface area contributed by atoms with Gasteiger partial charge in [0.15, 0.2) is 0 Å². The molecule has 8 heteroatoms. The molecule has 0 aliphatic rings. The number of rotatable bonds is 4. The maximum absolute atomic E-state index is 12.7. The van der Waals surface area contributed by atoms with Crippen LogP contribution in [0.25, 0.3) is 0 Å². The summed E-state index contributed by atoms with van der Waals surface area (Å²) in [5, 5.41) is 11.1. The van der Waals surface area contributed by atoms with Gasteiger partial charge in [-0.1, -0.05) is 29.8 Å². The molecule has 0 saturated carbocycles. The zero-order chi connectivity index (χ0) is 16.4. The predicted molar refractivity (Wildman–Crippen MR) is 73.7 cm³/mol. The summed E-state index contributed by atoms with van der Waals surface area (Å²) < 4.78 is 38.1. The topological polar surface area (TPSA) is 66.4 Å². The Bertz CT molecular complexity index is 560. The van der Waals surface area contributed by atoms with Gasteiger partial charge in [0.25, 0.3) is 0 Å². The SMILES string of the molecule is CC(C(=O)O)C(C)C(=O)Nc1ccc(Br)c(C(F)(F)F)c1. The summed E-state index contributed by atoms with van der Waals surface area (Å²) >= 11 is 2.79. The second-order valence-corrected chi connectivity index (χ2v) is 5.45. The van der Waals surface area contributed by atoms with Gasteiger partial charge in [-0.05, 0) is 18.2 Å². The van der Waals surface area contributed by atoms with Crippen LogP contribution in [-0.2, 0) is 15.8 Å². The number of alkyl halides is 3. The molecule has 0 fully saturated rings. The quantitative estimate of drug-likeness (QED) is 0.851. The van der Waals surface area contributed by atoms with Gasteiger partial charge in [-0.3, -0.25) is 9.59 Å². The Morgan fingerprint density at radius 1 is 1.24 bits per heavy atom. The van der Waals surface area contributed by atoms with Crippen molar-refractivity contribution in [2.45, 2.75) is 20.0 Å². The molecule has 4 nitrogen and oxygen atoms in total. The number of carbonyl (C=O) groups excluding carboxylic acids is 1. The Balaban J connectivity index is 2.94. The molecule has 116 valence electrons. The number of carboxylic acid groups (broad SMARTS) is 1. The van der Waals surface area contributed by atoms with Crippen molar-refractivity contribution >= 4 is 33.5 Å². The fourth-order valence-corrected chi connectivity index (χ4v) is 1.99. The van der Waals surface area contributed by atoms with E-state index in [1.807, 2.05) is 0 Å². The van der Waals surface area contributed by atoms with Crippen molar-refractivity contribution in [3.05, 3.63) is 28.2 Å². The molecule has 1 amide bonds. The highest BCUT2D eigenvalue weighted by Gasteiger charge is 2.33. The van der Waals surface area contributed by atoms with Crippen LogP contribution >= 0.6 is 15.9 Å². The Hall–Kier alpha value is -1.57. The van der Waals surface area contributed by atoms with Crippen LogP contribution in [0.1, 0.15) is 19.4 Å². The van der Waals surface area contributed by atoms with Crippen LogP contribution < -0.4 is 5.32 Å². The highest BCUT2D eigenvalue weighted by Crippen LogP contribution is 2.36. The van der Waals surface area contributed by atoms with E-state index in [-0.39, 0.29) is 10.2 Å². The second kappa shape index (κ2) is 6.46. The Morgan fingerprint density at radius 2 is 1.81 bits per heavy atom. The lowest BCUT2D eigenvalue weighted by atomic mass is 9.95. The van der Waals surface area contributed by atoms with E-state index in [1.165, 1.54) is 26.0 Å². The van der Waals surface area contributed by atoms with Gasteiger partial charge in [-0.15, -0.1) is 0 Å². The third-order valence-corrected chi connectivity index (χ3v) is 3.78.